The third kappa shape index (κ3) is 4.06. The van der Waals surface area contributed by atoms with Gasteiger partial charge in [-0.2, -0.15) is 0 Å². The Labute approximate surface area is 113 Å². The van der Waals surface area contributed by atoms with E-state index in [1.165, 1.54) is 0 Å². The summed E-state index contributed by atoms with van der Waals surface area (Å²) in [5.74, 6) is 1.76. The molecule has 0 aliphatic heterocycles. The van der Waals surface area contributed by atoms with Crippen molar-refractivity contribution in [2.75, 3.05) is 18.5 Å². The summed E-state index contributed by atoms with van der Waals surface area (Å²) in [6.45, 7) is 4.60. The zero-order chi connectivity index (χ0) is 13.5. The van der Waals surface area contributed by atoms with Crippen molar-refractivity contribution in [3.63, 3.8) is 0 Å². The van der Waals surface area contributed by atoms with Gasteiger partial charge >= 0.3 is 0 Å². The van der Waals surface area contributed by atoms with Crippen LogP contribution < -0.4 is 10.2 Å². The van der Waals surface area contributed by atoms with Crippen molar-refractivity contribution in [3.05, 3.63) is 42.2 Å². The lowest BCUT2D eigenvalue weighted by Crippen LogP contribution is -2.19. The van der Waals surface area contributed by atoms with Crippen molar-refractivity contribution < 1.29 is 4.42 Å². The van der Waals surface area contributed by atoms with E-state index >= 15 is 0 Å². The number of nitrogens with zero attached hydrogens (tertiary/aromatic N) is 3. The first kappa shape index (κ1) is 13.5. The van der Waals surface area contributed by atoms with Crippen LogP contribution in [0.1, 0.15) is 24.8 Å². The lowest BCUT2D eigenvalue weighted by Gasteiger charge is -2.16. The van der Waals surface area contributed by atoms with Crippen LogP contribution in [0.25, 0.3) is 0 Å². The molecule has 1 N–H and O–H groups in total. The molecule has 0 aromatic carbocycles. The Hall–Kier alpha value is -1.88. The summed E-state index contributed by atoms with van der Waals surface area (Å²) in [5, 5.41) is 3.31. The van der Waals surface area contributed by atoms with Gasteiger partial charge in [0.2, 0.25) is 0 Å². The predicted octanol–water partition coefficient (Wildman–Crippen LogP) is 2.21. The molecule has 0 aliphatic rings. The van der Waals surface area contributed by atoms with E-state index in [1.807, 2.05) is 30.3 Å². The van der Waals surface area contributed by atoms with Gasteiger partial charge in [-0.3, -0.25) is 4.98 Å². The van der Waals surface area contributed by atoms with Crippen LogP contribution in [0.3, 0.4) is 0 Å². The van der Waals surface area contributed by atoms with Crippen molar-refractivity contribution in [3.8, 4) is 0 Å². The summed E-state index contributed by atoms with van der Waals surface area (Å²) >= 11 is 0. The molecule has 5 heteroatoms. The van der Waals surface area contributed by atoms with Gasteiger partial charge in [0.1, 0.15) is 11.6 Å². The fourth-order valence-corrected chi connectivity index (χ4v) is 1.75. The fourth-order valence-electron chi connectivity index (χ4n) is 1.75. The number of rotatable bonds is 7. The molecule has 2 aromatic rings. The van der Waals surface area contributed by atoms with Crippen molar-refractivity contribution in [1.82, 2.24) is 15.3 Å². The third-order valence-corrected chi connectivity index (χ3v) is 2.79. The summed E-state index contributed by atoms with van der Waals surface area (Å²) in [6, 6.07) is 3.84. The maximum absolute atomic E-state index is 5.31. The van der Waals surface area contributed by atoms with Crippen LogP contribution in [0.2, 0.25) is 0 Å². The van der Waals surface area contributed by atoms with Crippen LogP contribution in [0.15, 0.2) is 35.2 Å². The molecule has 102 valence electrons. The lowest BCUT2D eigenvalue weighted by molar-refractivity contribution is 0.507. The number of anilines is 1. The molecule has 0 spiro atoms. The molecule has 2 rings (SSSR count). The molecule has 0 amide bonds. The zero-order valence-electron chi connectivity index (χ0n) is 11.5. The van der Waals surface area contributed by atoms with Crippen LogP contribution in [0, 0.1) is 0 Å². The van der Waals surface area contributed by atoms with Gasteiger partial charge in [0.15, 0.2) is 0 Å². The number of nitrogens with one attached hydrogen (secondary N) is 1. The van der Waals surface area contributed by atoms with Gasteiger partial charge in [0.25, 0.3) is 0 Å². The lowest BCUT2D eigenvalue weighted by atomic mass is 10.4. The van der Waals surface area contributed by atoms with Crippen LogP contribution >= 0.6 is 0 Å². The van der Waals surface area contributed by atoms with E-state index in [0.29, 0.717) is 6.54 Å². The topological polar surface area (TPSA) is 54.2 Å². The molecule has 5 nitrogen and oxygen atoms in total. The van der Waals surface area contributed by atoms with Crippen molar-refractivity contribution in [2.24, 2.45) is 0 Å². The second-order valence-corrected chi connectivity index (χ2v) is 4.48. The summed E-state index contributed by atoms with van der Waals surface area (Å²) < 4.78 is 5.31. The van der Waals surface area contributed by atoms with E-state index in [4.69, 9.17) is 4.42 Å². The Morgan fingerprint density at radius 3 is 2.84 bits per heavy atom. The Morgan fingerprint density at radius 1 is 1.32 bits per heavy atom. The van der Waals surface area contributed by atoms with Gasteiger partial charge < -0.3 is 14.6 Å². The highest BCUT2D eigenvalue weighted by molar-refractivity contribution is 5.34. The van der Waals surface area contributed by atoms with Gasteiger partial charge in [-0.05, 0) is 25.1 Å². The summed E-state index contributed by atoms with van der Waals surface area (Å²) in [7, 11) is 1.97. The number of hydrogen-bond acceptors (Lipinski definition) is 5. The Balaban J connectivity index is 1.90. The Bertz CT molecular complexity index is 467. The molecular formula is C14H20N4O. The smallest absolute Gasteiger partial charge is 0.147 e. The quantitative estimate of drug-likeness (QED) is 0.773. The summed E-state index contributed by atoms with van der Waals surface area (Å²) in [6.07, 6.45) is 6.41. The van der Waals surface area contributed by atoms with E-state index in [0.717, 1.165) is 36.8 Å². The number of aromatic nitrogens is 2. The number of hydrogen-bond donors (Lipinski definition) is 1. The Morgan fingerprint density at radius 2 is 2.21 bits per heavy atom. The molecule has 19 heavy (non-hydrogen) atoms. The summed E-state index contributed by atoms with van der Waals surface area (Å²) in [5.41, 5.74) is 0.962. The average Bonchev–Trinajstić information content (AvgIpc) is 2.93. The monoisotopic (exact) mass is 260 g/mol. The minimum atomic E-state index is 0.690. The minimum absolute atomic E-state index is 0.690. The highest BCUT2D eigenvalue weighted by Gasteiger charge is 2.06. The first-order chi connectivity index (χ1) is 9.29. The second-order valence-electron chi connectivity index (χ2n) is 4.48. The first-order valence-corrected chi connectivity index (χ1v) is 6.54. The molecule has 0 fully saturated rings. The maximum Gasteiger partial charge on any atom is 0.147 e. The van der Waals surface area contributed by atoms with Crippen molar-refractivity contribution in [2.45, 2.75) is 26.4 Å². The van der Waals surface area contributed by atoms with E-state index in [9.17, 15) is 0 Å². The van der Waals surface area contributed by atoms with Crippen LogP contribution in [-0.2, 0) is 13.1 Å². The van der Waals surface area contributed by atoms with E-state index in [2.05, 4.69) is 22.2 Å². The second kappa shape index (κ2) is 6.89. The third-order valence-electron chi connectivity index (χ3n) is 2.79. The van der Waals surface area contributed by atoms with E-state index < -0.39 is 0 Å². The van der Waals surface area contributed by atoms with E-state index in [1.54, 1.807) is 12.5 Å². The minimum Gasteiger partial charge on any atom is -0.467 e. The highest BCUT2D eigenvalue weighted by Crippen LogP contribution is 2.11. The molecule has 0 radical (unpaired) electrons. The molecule has 0 bridgehead atoms. The molecule has 0 aliphatic carbocycles. The standard InChI is InChI=1S/C14H20N4O/c1-3-6-15-8-12-9-17-14(10-16-12)18(2)11-13-5-4-7-19-13/h4-5,7,9-10,15H,3,6,8,11H2,1-2H3. The van der Waals surface area contributed by atoms with Crippen molar-refractivity contribution in [1.29, 1.82) is 0 Å². The van der Waals surface area contributed by atoms with Gasteiger partial charge in [-0.25, -0.2) is 4.98 Å². The van der Waals surface area contributed by atoms with Gasteiger partial charge in [-0.1, -0.05) is 6.92 Å². The maximum atomic E-state index is 5.31. The molecule has 0 atom stereocenters. The number of furan rings is 1. The average molecular weight is 260 g/mol. The highest BCUT2D eigenvalue weighted by atomic mass is 16.3. The Kier molecular flexibility index (Phi) is 4.92. The van der Waals surface area contributed by atoms with Crippen LogP contribution in [-0.4, -0.2) is 23.6 Å². The summed E-state index contributed by atoms with van der Waals surface area (Å²) in [4.78, 5) is 10.8. The van der Waals surface area contributed by atoms with E-state index in [-0.39, 0.29) is 0 Å². The largest absolute Gasteiger partial charge is 0.467 e. The van der Waals surface area contributed by atoms with Crippen LogP contribution in [0.5, 0.6) is 0 Å². The molecule has 0 saturated carbocycles. The van der Waals surface area contributed by atoms with Gasteiger partial charge in [0.05, 0.1) is 30.9 Å². The predicted molar refractivity (Wildman–Crippen MR) is 74.8 cm³/mol. The normalized spacial score (nSPS) is 10.6. The molecule has 2 aromatic heterocycles. The fraction of sp³-hybridized carbons (Fsp3) is 0.429. The van der Waals surface area contributed by atoms with Gasteiger partial charge in [0, 0.05) is 13.6 Å². The van der Waals surface area contributed by atoms with Crippen LogP contribution in [0.4, 0.5) is 5.82 Å². The molecular weight excluding hydrogens is 240 g/mol. The first-order valence-electron chi connectivity index (χ1n) is 6.54. The molecule has 2 heterocycles. The zero-order valence-corrected chi connectivity index (χ0v) is 11.5. The molecule has 0 unspecified atom stereocenters. The van der Waals surface area contributed by atoms with Gasteiger partial charge in [-0.15, -0.1) is 0 Å². The van der Waals surface area contributed by atoms with Crippen molar-refractivity contribution >= 4 is 5.82 Å². The SMILES string of the molecule is CCCNCc1cnc(N(C)Cc2ccco2)cn1. The molecule has 0 saturated heterocycles.